The van der Waals surface area contributed by atoms with Crippen molar-refractivity contribution in [3.8, 4) is 0 Å². The first-order valence-electron chi connectivity index (χ1n) is 11.0. The third-order valence-electron chi connectivity index (χ3n) is 6.72. The molecule has 2 fully saturated rings. The zero-order valence-electron chi connectivity index (χ0n) is 17.8. The first kappa shape index (κ1) is 21.0. The molecule has 30 heavy (non-hydrogen) atoms. The Labute approximate surface area is 182 Å². The zero-order chi connectivity index (χ0) is 21.1. The molecule has 7 nitrogen and oxygen atoms in total. The molecule has 1 aliphatic heterocycles. The van der Waals surface area contributed by atoms with Crippen LogP contribution in [0.1, 0.15) is 51.1 Å². The van der Waals surface area contributed by atoms with E-state index in [2.05, 4.69) is 15.2 Å². The summed E-state index contributed by atoms with van der Waals surface area (Å²) < 4.78 is 0. The van der Waals surface area contributed by atoms with Gasteiger partial charge in [-0.2, -0.15) is 4.98 Å². The molecule has 0 spiro atoms. The Kier molecular flexibility index (Phi) is 6.51. The van der Waals surface area contributed by atoms with Crippen molar-refractivity contribution < 1.29 is 9.90 Å². The third-order valence-corrected chi connectivity index (χ3v) is 7.41. The number of aromatic nitrogens is 3. The molecule has 0 aromatic carbocycles. The molecule has 4 rings (SSSR count). The fourth-order valence-corrected chi connectivity index (χ4v) is 5.54. The van der Waals surface area contributed by atoms with E-state index in [1.54, 1.807) is 6.20 Å². The molecule has 1 aliphatic carbocycles. The van der Waals surface area contributed by atoms with Crippen molar-refractivity contribution in [3.05, 3.63) is 23.3 Å². The Bertz CT molecular complexity index is 853. The summed E-state index contributed by atoms with van der Waals surface area (Å²) in [6.45, 7) is 5.42. The molecule has 0 radical (unpaired) electrons. The average Bonchev–Trinajstić information content (AvgIpc) is 3.26. The van der Waals surface area contributed by atoms with Gasteiger partial charge in [0.25, 0.3) is 0 Å². The number of carboxylic acids is 1. The third kappa shape index (κ3) is 4.91. The SMILES string of the molecule is Cc1cc(Nc2nccs2)nc(N2C[C@H](C3CCCCC3)C[C@H](C(C)C(=O)O)C2)n1. The van der Waals surface area contributed by atoms with E-state index in [-0.39, 0.29) is 11.8 Å². The van der Waals surface area contributed by atoms with Crippen molar-refractivity contribution >= 4 is 34.2 Å². The number of carboxylic acid groups (broad SMARTS) is 1. The van der Waals surface area contributed by atoms with E-state index in [0.29, 0.717) is 24.3 Å². The van der Waals surface area contributed by atoms with Crippen LogP contribution < -0.4 is 10.2 Å². The molecule has 0 amide bonds. The van der Waals surface area contributed by atoms with Gasteiger partial charge in [-0.3, -0.25) is 4.79 Å². The quantitative estimate of drug-likeness (QED) is 0.686. The number of nitrogens with one attached hydrogen (secondary N) is 1. The topological polar surface area (TPSA) is 91.2 Å². The van der Waals surface area contributed by atoms with Gasteiger partial charge >= 0.3 is 5.97 Å². The predicted octanol–water partition coefficient (Wildman–Crippen LogP) is 4.73. The maximum absolute atomic E-state index is 11.7. The molecular formula is C22H31N5O2S. The number of rotatable bonds is 6. The monoisotopic (exact) mass is 429 g/mol. The minimum Gasteiger partial charge on any atom is -0.481 e. The summed E-state index contributed by atoms with van der Waals surface area (Å²) in [6.07, 6.45) is 9.20. The summed E-state index contributed by atoms with van der Waals surface area (Å²) in [6, 6.07) is 1.92. The Morgan fingerprint density at radius 3 is 2.73 bits per heavy atom. The highest BCUT2D eigenvalue weighted by molar-refractivity contribution is 7.13. The molecule has 2 aliphatic rings. The van der Waals surface area contributed by atoms with Gasteiger partial charge in [-0.15, -0.1) is 11.3 Å². The van der Waals surface area contributed by atoms with Crippen molar-refractivity contribution in [2.24, 2.45) is 23.7 Å². The number of anilines is 3. The number of hydrogen-bond donors (Lipinski definition) is 2. The average molecular weight is 430 g/mol. The number of aryl methyl sites for hydroxylation is 1. The van der Waals surface area contributed by atoms with Gasteiger partial charge in [0.2, 0.25) is 5.95 Å². The highest BCUT2D eigenvalue weighted by atomic mass is 32.1. The highest BCUT2D eigenvalue weighted by Gasteiger charge is 2.37. The molecule has 1 saturated carbocycles. The van der Waals surface area contributed by atoms with Gasteiger partial charge in [-0.1, -0.05) is 39.0 Å². The van der Waals surface area contributed by atoms with Crippen molar-refractivity contribution in [1.82, 2.24) is 15.0 Å². The molecule has 2 aromatic rings. The lowest BCUT2D eigenvalue weighted by molar-refractivity contribution is -0.143. The molecule has 162 valence electrons. The lowest BCUT2D eigenvalue weighted by Gasteiger charge is -2.43. The van der Waals surface area contributed by atoms with E-state index in [9.17, 15) is 9.90 Å². The number of piperidine rings is 1. The number of thiazole rings is 1. The highest BCUT2D eigenvalue weighted by Crippen LogP contribution is 2.39. The minimum absolute atomic E-state index is 0.114. The lowest BCUT2D eigenvalue weighted by atomic mass is 9.72. The summed E-state index contributed by atoms with van der Waals surface area (Å²) in [7, 11) is 0. The van der Waals surface area contributed by atoms with Crippen LogP contribution in [0.15, 0.2) is 17.6 Å². The molecule has 0 bridgehead atoms. The van der Waals surface area contributed by atoms with Gasteiger partial charge in [0.15, 0.2) is 5.13 Å². The number of aliphatic carboxylic acids is 1. The van der Waals surface area contributed by atoms with Crippen LogP contribution in [0.2, 0.25) is 0 Å². The lowest BCUT2D eigenvalue weighted by Crippen LogP contribution is -2.47. The minimum atomic E-state index is -0.708. The van der Waals surface area contributed by atoms with Crippen LogP contribution in [0, 0.1) is 30.6 Å². The molecule has 2 aromatic heterocycles. The second-order valence-corrected chi connectivity index (χ2v) is 9.74. The standard InChI is InChI=1S/C22H31N5O2S/c1-14-10-19(26-22-23-8-9-30-22)25-21(24-14)27-12-17(15(2)20(28)29)11-18(13-27)16-6-4-3-5-7-16/h8-10,15-18H,3-7,11-13H2,1-2H3,(H,28,29)(H,23,24,25,26)/t15?,17-,18+/m0/s1. The van der Waals surface area contributed by atoms with E-state index in [0.717, 1.165) is 29.6 Å². The van der Waals surface area contributed by atoms with Crippen LogP contribution in [0.25, 0.3) is 0 Å². The Morgan fingerprint density at radius 2 is 2.03 bits per heavy atom. The van der Waals surface area contributed by atoms with Crippen LogP contribution >= 0.6 is 11.3 Å². The van der Waals surface area contributed by atoms with E-state index in [1.807, 2.05) is 25.3 Å². The Balaban J connectivity index is 1.58. The van der Waals surface area contributed by atoms with Gasteiger partial charge < -0.3 is 15.3 Å². The Hall–Kier alpha value is -2.22. The van der Waals surface area contributed by atoms with Gasteiger partial charge in [0.05, 0.1) is 5.92 Å². The predicted molar refractivity (Wildman–Crippen MR) is 119 cm³/mol. The summed E-state index contributed by atoms with van der Waals surface area (Å²) in [5, 5.41) is 15.6. The molecule has 3 atom stereocenters. The fourth-order valence-electron chi connectivity index (χ4n) is 5.01. The van der Waals surface area contributed by atoms with E-state index < -0.39 is 5.97 Å². The van der Waals surface area contributed by atoms with E-state index in [4.69, 9.17) is 9.97 Å². The molecule has 2 N–H and O–H groups in total. The summed E-state index contributed by atoms with van der Waals surface area (Å²) >= 11 is 1.53. The largest absolute Gasteiger partial charge is 0.481 e. The van der Waals surface area contributed by atoms with Crippen LogP contribution in [0.3, 0.4) is 0 Å². The molecular weight excluding hydrogens is 398 g/mol. The zero-order valence-corrected chi connectivity index (χ0v) is 18.6. The molecule has 3 heterocycles. The van der Waals surface area contributed by atoms with Crippen molar-refractivity contribution in [1.29, 1.82) is 0 Å². The second kappa shape index (κ2) is 9.29. The van der Waals surface area contributed by atoms with Gasteiger partial charge in [-0.05, 0) is 31.1 Å². The second-order valence-electron chi connectivity index (χ2n) is 8.84. The summed E-state index contributed by atoms with van der Waals surface area (Å²) in [5.74, 6) is 1.65. The van der Waals surface area contributed by atoms with Crippen LogP contribution in [0.4, 0.5) is 16.9 Å². The number of carbonyl (C=O) groups is 1. The normalized spacial score (nSPS) is 23.9. The van der Waals surface area contributed by atoms with Crippen LogP contribution in [0.5, 0.6) is 0 Å². The Morgan fingerprint density at radius 1 is 1.23 bits per heavy atom. The van der Waals surface area contributed by atoms with Crippen molar-refractivity contribution in [3.63, 3.8) is 0 Å². The smallest absolute Gasteiger partial charge is 0.306 e. The summed E-state index contributed by atoms with van der Waals surface area (Å²) in [4.78, 5) is 27.7. The first-order valence-corrected chi connectivity index (χ1v) is 11.9. The number of hydrogen-bond acceptors (Lipinski definition) is 7. The maximum Gasteiger partial charge on any atom is 0.306 e. The molecule has 1 unspecified atom stereocenters. The van der Waals surface area contributed by atoms with Gasteiger partial charge in [-0.25, -0.2) is 9.97 Å². The first-order chi connectivity index (χ1) is 14.5. The van der Waals surface area contributed by atoms with Crippen molar-refractivity contribution in [2.75, 3.05) is 23.3 Å². The van der Waals surface area contributed by atoms with Crippen molar-refractivity contribution in [2.45, 2.75) is 52.4 Å². The van der Waals surface area contributed by atoms with Gasteiger partial charge in [0.1, 0.15) is 5.82 Å². The fraction of sp³-hybridized carbons (Fsp3) is 0.636. The van der Waals surface area contributed by atoms with Gasteiger partial charge in [0, 0.05) is 36.4 Å². The maximum atomic E-state index is 11.7. The molecule has 8 heteroatoms. The molecule has 1 saturated heterocycles. The van der Waals surface area contributed by atoms with Crippen LogP contribution in [-0.4, -0.2) is 39.1 Å². The van der Waals surface area contributed by atoms with Crippen LogP contribution in [-0.2, 0) is 4.79 Å². The van der Waals surface area contributed by atoms with E-state index in [1.165, 1.54) is 43.4 Å². The summed E-state index contributed by atoms with van der Waals surface area (Å²) in [5.41, 5.74) is 0.890. The van der Waals surface area contributed by atoms with E-state index >= 15 is 0 Å². The number of nitrogens with zero attached hydrogens (tertiary/aromatic N) is 4.